The zero-order valence-corrected chi connectivity index (χ0v) is 15.0. The molecule has 1 aromatic carbocycles. The third-order valence-corrected chi connectivity index (χ3v) is 4.13. The lowest BCUT2D eigenvalue weighted by molar-refractivity contribution is -0.134. The zero-order chi connectivity index (χ0) is 18.9. The van der Waals surface area contributed by atoms with E-state index in [-0.39, 0.29) is 24.1 Å². The van der Waals surface area contributed by atoms with Gasteiger partial charge in [0, 0.05) is 25.5 Å². The van der Waals surface area contributed by atoms with Crippen molar-refractivity contribution in [3.8, 4) is 5.75 Å². The molecule has 0 saturated carbocycles. The largest absolute Gasteiger partial charge is 0.427 e. The summed E-state index contributed by atoms with van der Waals surface area (Å²) in [5, 5.41) is 12.0. The van der Waals surface area contributed by atoms with Gasteiger partial charge in [-0.05, 0) is 55.2 Å². The first-order valence-corrected chi connectivity index (χ1v) is 8.94. The average Bonchev–Trinajstić information content (AvgIpc) is 2.89. The number of ketones is 1. The molecule has 0 bridgehead atoms. The first kappa shape index (κ1) is 19.8. The second kappa shape index (κ2) is 9.87. The molecule has 0 aromatic heterocycles. The fourth-order valence-electron chi connectivity index (χ4n) is 2.86. The fourth-order valence-corrected chi connectivity index (χ4v) is 2.86. The molecular weight excluding hydrogens is 334 g/mol. The molecule has 1 atom stereocenters. The van der Waals surface area contributed by atoms with Gasteiger partial charge < -0.3 is 15.2 Å². The zero-order valence-electron chi connectivity index (χ0n) is 15.0. The average molecular weight is 359 g/mol. The van der Waals surface area contributed by atoms with E-state index in [9.17, 15) is 19.5 Å². The summed E-state index contributed by atoms with van der Waals surface area (Å²) in [6.45, 7) is 1.43. The minimum atomic E-state index is -0.612. The molecule has 6 heteroatoms. The van der Waals surface area contributed by atoms with E-state index in [2.05, 4.69) is 5.32 Å². The number of aliphatic hydroxyl groups excluding tert-OH is 1. The Hall–Kier alpha value is -2.47. The lowest BCUT2D eigenvalue weighted by Crippen LogP contribution is -2.08. The predicted octanol–water partition coefficient (Wildman–Crippen LogP) is 3.15. The first-order chi connectivity index (χ1) is 12.4. The van der Waals surface area contributed by atoms with Crippen LogP contribution in [0.3, 0.4) is 0 Å². The van der Waals surface area contributed by atoms with Gasteiger partial charge in [-0.25, -0.2) is 0 Å². The van der Waals surface area contributed by atoms with Crippen LogP contribution in [0.15, 0.2) is 35.9 Å². The number of amides is 1. The van der Waals surface area contributed by atoms with Crippen LogP contribution in [0.25, 0.3) is 0 Å². The van der Waals surface area contributed by atoms with E-state index in [4.69, 9.17) is 4.74 Å². The van der Waals surface area contributed by atoms with Crippen molar-refractivity contribution in [3.05, 3.63) is 35.9 Å². The number of rotatable bonds is 9. The minimum absolute atomic E-state index is 0.0469. The van der Waals surface area contributed by atoms with Crippen LogP contribution in [0.2, 0.25) is 0 Å². The van der Waals surface area contributed by atoms with E-state index in [1.807, 2.05) is 0 Å². The molecule has 6 nitrogen and oxygen atoms in total. The maximum atomic E-state index is 11.8. The number of Topliss-reactive ketones (excluding diaryl/α,β-unsaturated/α-hetero) is 1. The molecule has 1 unspecified atom stereocenters. The van der Waals surface area contributed by atoms with Crippen molar-refractivity contribution in [2.24, 2.45) is 0 Å². The van der Waals surface area contributed by atoms with Crippen molar-refractivity contribution in [3.63, 3.8) is 0 Å². The number of anilines is 1. The molecule has 0 saturated heterocycles. The predicted molar refractivity (Wildman–Crippen MR) is 97.8 cm³/mol. The summed E-state index contributed by atoms with van der Waals surface area (Å²) < 4.78 is 5.25. The van der Waals surface area contributed by atoms with Gasteiger partial charge >= 0.3 is 5.97 Å². The van der Waals surface area contributed by atoms with E-state index in [0.29, 0.717) is 24.3 Å². The van der Waals surface area contributed by atoms with Gasteiger partial charge in [0.2, 0.25) is 5.91 Å². The summed E-state index contributed by atoms with van der Waals surface area (Å²) in [6, 6.07) is 6.65. The van der Waals surface area contributed by atoms with Crippen molar-refractivity contribution >= 4 is 23.3 Å². The number of aliphatic hydroxyl groups is 1. The van der Waals surface area contributed by atoms with Crippen LogP contribution in [0.1, 0.15) is 51.9 Å². The second-order valence-corrected chi connectivity index (χ2v) is 6.48. The highest BCUT2D eigenvalue weighted by Gasteiger charge is 2.21. The fraction of sp³-hybridized carbons (Fsp3) is 0.450. The molecule has 1 aliphatic carbocycles. The molecule has 1 aromatic rings. The Balaban J connectivity index is 1.58. The quantitative estimate of drug-likeness (QED) is 0.401. The van der Waals surface area contributed by atoms with Gasteiger partial charge in [0.05, 0.1) is 6.10 Å². The van der Waals surface area contributed by atoms with E-state index < -0.39 is 6.10 Å². The first-order valence-electron chi connectivity index (χ1n) is 8.94. The molecular formula is C20H25NO5. The Bertz CT molecular complexity index is 678. The van der Waals surface area contributed by atoms with Crippen LogP contribution in [0, 0.1) is 0 Å². The molecule has 0 radical (unpaired) electrons. The molecule has 0 aliphatic heterocycles. The number of hydrogen-bond donors (Lipinski definition) is 2. The van der Waals surface area contributed by atoms with Crippen LogP contribution in [0.5, 0.6) is 5.75 Å². The second-order valence-electron chi connectivity index (χ2n) is 6.48. The summed E-state index contributed by atoms with van der Waals surface area (Å²) >= 11 is 0. The summed E-state index contributed by atoms with van der Waals surface area (Å²) in [6.07, 6.45) is 5.72. The maximum Gasteiger partial charge on any atom is 0.311 e. The lowest BCUT2D eigenvalue weighted by Gasteiger charge is -2.06. The van der Waals surface area contributed by atoms with Gasteiger partial charge in [0.25, 0.3) is 0 Å². The highest BCUT2D eigenvalue weighted by atomic mass is 16.5. The standard InChI is InChI=1S/C20H25NO5/c1-14(22)21-16-8-10-18(11-9-16)26-20(25)7-5-3-2-4-6-15-12-17(23)13-19(15)24/h8-12,17,23H,2-7,13H2,1H3,(H,21,22). The molecule has 1 amide bonds. The monoisotopic (exact) mass is 359 g/mol. The number of carbonyl (C=O) groups excluding carboxylic acids is 3. The molecule has 1 aliphatic rings. The maximum absolute atomic E-state index is 11.8. The number of allylic oxidation sites excluding steroid dienone is 1. The van der Waals surface area contributed by atoms with Crippen LogP contribution in [-0.2, 0) is 14.4 Å². The van der Waals surface area contributed by atoms with Gasteiger partial charge in [0.1, 0.15) is 5.75 Å². The van der Waals surface area contributed by atoms with Gasteiger partial charge in [-0.2, -0.15) is 0 Å². The normalized spacial score (nSPS) is 16.3. The summed E-state index contributed by atoms with van der Waals surface area (Å²) in [4.78, 5) is 34.3. The number of benzene rings is 1. The van der Waals surface area contributed by atoms with Crippen molar-refractivity contribution in [1.29, 1.82) is 0 Å². The Morgan fingerprint density at radius 3 is 2.46 bits per heavy atom. The summed E-state index contributed by atoms with van der Waals surface area (Å²) in [5.41, 5.74) is 1.39. The minimum Gasteiger partial charge on any atom is -0.427 e. The third kappa shape index (κ3) is 6.80. The van der Waals surface area contributed by atoms with Crippen molar-refractivity contribution in [1.82, 2.24) is 0 Å². The van der Waals surface area contributed by atoms with Crippen LogP contribution < -0.4 is 10.1 Å². The van der Waals surface area contributed by atoms with Crippen LogP contribution in [0.4, 0.5) is 5.69 Å². The van der Waals surface area contributed by atoms with Crippen molar-refractivity contribution < 1.29 is 24.2 Å². The van der Waals surface area contributed by atoms with E-state index in [1.54, 1.807) is 30.3 Å². The summed E-state index contributed by atoms with van der Waals surface area (Å²) in [5.74, 6) is 0.0635. The summed E-state index contributed by atoms with van der Waals surface area (Å²) in [7, 11) is 0. The van der Waals surface area contributed by atoms with Gasteiger partial charge in [-0.1, -0.05) is 12.8 Å². The number of ether oxygens (including phenoxy) is 1. The van der Waals surface area contributed by atoms with E-state index in [0.717, 1.165) is 31.3 Å². The number of nitrogens with one attached hydrogen (secondary N) is 1. The number of unbranched alkanes of at least 4 members (excludes halogenated alkanes) is 3. The Morgan fingerprint density at radius 1 is 1.15 bits per heavy atom. The molecule has 0 heterocycles. The molecule has 2 rings (SSSR count). The van der Waals surface area contributed by atoms with Gasteiger partial charge in [-0.15, -0.1) is 0 Å². The SMILES string of the molecule is CC(=O)Nc1ccc(OC(=O)CCCCCCC2=CC(O)CC2=O)cc1. The van der Waals surface area contributed by atoms with Crippen LogP contribution >= 0.6 is 0 Å². The molecule has 26 heavy (non-hydrogen) atoms. The Kier molecular flexibility index (Phi) is 7.53. The molecule has 0 fully saturated rings. The van der Waals surface area contributed by atoms with Gasteiger partial charge in [-0.3, -0.25) is 14.4 Å². The van der Waals surface area contributed by atoms with Crippen molar-refractivity contribution in [2.75, 3.05) is 5.32 Å². The lowest BCUT2D eigenvalue weighted by atomic mass is 10.0. The van der Waals surface area contributed by atoms with E-state index in [1.165, 1.54) is 6.92 Å². The molecule has 140 valence electrons. The van der Waals surface area contributed by atoms with Crippen LogP contribution in [-0.4, -0.2) is 28.9 Å². The van der Waals surface area contributed by atoms with E-state index >= 15 is 0 Å². The van der Waals surface area contributed by atoms with Gasteiger partial charge in [0.15, 0.2) is 5.78 Å². The number of esters is 1. The number of carbonyl (C=O) groups is 3. The molecule has 2 N–H and O–H groups in total. The Morgan fingerprint density at radius 2 is 1.85 bits per heavy atom. The third-order valence-electron chi connectivity index (χ3n) is 4.13. The molecule has 0 spiro atoms. The number of hydrogen-bond acceptors (Lipinski definition) is 5. The highest BCUT2D eigenvalue weighted by Crippen LogP contribution is 2.21. The topological polar surface area (TPSA) is 92.7 Å². The Labute approximate surface area is 153 Å². The smallest absolute Gasteiger partial charge is 0.311 e. The van der Waals surface area contributed by atoms with Crippen molar-refractivity contribution in [2.45, 2.75) is 58.0 Å². The highest BCUT2D eigenvalue weighted by molar-refractivity contribution is 5.98.